The number of ketones is 1. The summed E-state index contributed by atoms with van der Waals surface area (Å²) < 4.78 is 0. The largest absolute Gasteiger partial charge is 0.479 e. The van der Waals surface area contributed by atoms with Crippen LogP contribution in [0.1, 0.15) is 18.5 Å². The van der Waals surface area contributed by atoms with Gasteiger partial charge in [0.25, 0.3) is 0 Å². The summed E-state index contributed by atoms with van der Waals surface area (Å²) in [6.45, 7) is 0.683. The van der Waals surface area contributed by atoms with Gasteiger partial charge in [-0.1, -0.05) is 0 Å². The zero-order chi connectivity index (χ0) is 14.3. The smallest absolute Gasteiger partial charge is 0.334 e. The number of amides is 1. The van der Waals surface area contributed by atoms with E-state index in [9.17, 15) is 14.4 Å². The van der Waals surface area contributed by atoms with Crippen molar-refractivity contribution < 1.29 is 19.5 Å². The lowest BCUT2D eigenvalue weighted by molar-refractivity contribution is -0.148. The number of Topliss-reactive ketones (excluding diaryl/α,β-unsaturated/α-hetero) is 1. The third-order valence-electron chi connectivity index (χ3n) is 2.44. The van der Waals surface area contributed by atoms with E-state index in [0.717, 1.165) is 12.1 Å². The number of nitrogens with one attached hydrogen (secondary N) is 2. The summed E-state index contributed by atoms with van der Waals surface area (Å²) in [5.41, 5.74) is 6.38. The highest BCUT2D eigenvalue weighted by atomic mass is 16.4. The normalized spacial score (nSPS) is 18.3. The minimum Gasteiger partial charge on any atom is -0.479 e. The minimum atomic E-state index is -1.32. The fraction of sp³-hybridized carbons (Fsp3) is 0.455. The van der Waals surface area contributed by atoms with Crippen LogP contribution in [0.25, 0.3) is 0 Å². The summed E-state index contributed by atoms with van der Waals surface area (Å²) >= 11 is 0. The second-order valence-electron chi connectivity index (χ2n) is 3.92. The van der Waals surface area contributed by atoms with Crippen molar-refractivity contribution in [2.24, 2.45) is 5.73 Å². The van der Waals surface area contributed by atoms with Crippen LogP contribution in [0, 0.1) is 0 Å². The fourth-order valence-electron chi connectivity index (χ4n) is 1.47. The van der Waals surface area contributed by atoms with Gasteiger partial charge in [-0.25, -0.2) is 9.78 Å². The van der Waals surface area contributed by atoms with E-state index in [-0.39, 0.29) is 18.7 Å². The molecule has 0 saturated carbocycles. The van der Waals surface area contributed by atoms with Crippen molar-refractivity contribution in [2.75, 3.05) is 6.54 Å². The first-order chi connectivity index (χ1) is 9.04. The van der Waals surface area contributed by atoms with Crippen molar-refractivity contribution in [3.05, 3.63) is 18.2 Å². The Kier molecular flexibility index (Phi) is 5.68. The quantitative estimate of drug-likeness (QED) is 0.509. The van der Waals surface area contributed by atoms with Crippen LogP contribution in [0.4, 0.5) is 0 Å². The fourth-order valence-corrected chi connectivity index (χ4v) is 1.47. The van der Waals surface area contributed by atoms with Crippen LogP contribution < -0.4 is 11.1 Å². The molecule has 1 aromatic rings. The van der Waals surface area contributed by atoms with E-state index in [4.69, 9.17) is 10.8 Å². The molecule has 1 amide bonds. The molecule has 1 aliphatic rings. The van der Waals surface area contributed by atoms with E-state index in [0.29, 0.717) is 6.54 Å². The van der Waals surface area contributed by atoms with Crippen LogP contribution in [0.2, 0.25) is 0 Å². The van der Waals surface area contributed by atoms with Gasteiger partial charge in [-0.3, -0.25) is 9.59 Å². The number of aliphatic carboxylic acids is 1. The second kappa shape index (κ2) is 7.27. The maximum absolute atomic E-state index is 10.8. The monoisotopic (exact) mass is 268 g/mol. The maximum atomic E-state index is 10.8. The van der Waals surface area contributed by atoms with Gasteiger partial charge in [0, 0.05) is 31.2 Å². The average molecular weight is 268 g/mol. The van der Waals surface area contributed by atoms with Gasteiger partial charge in [-0.2, -0.15) is 0 Å². The molecule has 104 valence electrons. The van der Waals surface area contributed by atoms with Crippen LogP contribution in [-0.4, -0.2) is 45.3 Å². The van der Waals surface area contributed by atoms with Crippen molar-refractivity contribution in [1.82, 2.24) is 15.3 Å². The molecular weight excluding hydrogens is 252 g/mol. The maximum Gasteiger partial charge on any atom is 0.334 e. The molecule has 0 bridgehead atoms. The molecule has 1 aliphatic heterocycles. The van der Waals surface area contributed by atoms with Crippen LogP contribution in [0.5, 0.6) is 0 Å². The summed E-state index contributed by atoms with van der Waals surface area (Å²) in [6.07, 6.45) is 4.46. The number of hydrogen-bond acceptors (Lipinski definition) is 5. The van der Waals surface area contributed by atoms with Gasteiger partial charge in [-0.15, -0.1) is 0 Å². The van der Waals surface area contributed by atoms with Gasteiger partial charge in [0.05, 0.1) is 6.33 Å². The molecule has 0 spiro atoms. The Labute approximate surface area is 109 Å². The van der Waals surface area contributed by atoms with Crippen LogP contribution in [0.3, 0.4) is 0 Å². The molecule has 1 atom stereocenters. The lowest BCUT2D eigenvalue weighted by Crippen LogP contribution is -2.50. The van der Waals surface area contributed by atoms with E-state index in [2.05, 4.69) is 15.3 Å². The van der Waals surface area contributed by atoms with Gasteiger partial charge in [0.1, 0.15) is 0 Å². The number of piperidine rings is 1. The summed E-state index contributed by atoms with van der Waals surface area (Å²) in [7, 11) is 0. The highest BCUT2D eigenvalue weighted by molar-refractivity contribution is 6.08. The number of aromatic nitrogens is 2. The Bertz CT molecular complexity index is 444. The molecule has 1 saturated heterocycles. The Balaban J connectivity index is 0.000000200. The number of carbonyl (C=O) groups excluding carboxylic acids is 2. The zero-order valence-electron chi connectivity index (χ0n) is 10.3. The van der Waals surface area contributed by atoms with Gasteiger partial charge in [0.15, 0.2) is 11.8 Å². The van der Waals surface area contributed by atoms with E-state index in [1.807, 2.05) is 0 Å². The number of carbonyl (C=O) groups is 3. The summed E-state index contributed by atoms with van der Waals surface area (Å²) in [4.78, 5) is 38.4. The molecule has 19 heavy (non-hydrogen) atoms. The number of imidazole rings is 1. The van der Waals surface area contributed by atoms with Gasteiger partial charge >= 0.3 is 5.97 Å². The first-order valence-corrected chi connectivity index (χ1v) is 5.76. The molecule has 2 heterocycles. The van der Waals surface area contributed by atoms with E-state index in [1.165, 1.54) is 0 Å². The molecule has 8 heteroatoms. The van der Waals surface area contributed by atoms with E-state index < -0.39 is 17.8 Å². The number of nitrogens with zero attached hydrogens (tertiary/aromatic N) is 1. The lowest BCUT2D eigenvalue weighted by Gasteiger charge is -2.17. The Morgan fingerprint density at radius 3 is 2.68 bits per heavy atom. The van der Waals surface area contributed by atoms with Crippen molar-refractivity contribution in [1.29, 1.82) is 0 Å². The number of rotatable bonds is 3. The van der Waals surface area contributed by atoms with Gasteiger partial charge in [-0.05, 0) is 6.54 Å². The molecule has 1 fully saturated rings. The van der Waals surface area contributed by atoms with Gasteiger partial charge < -0.3 is 21.1 Å². The molecule has 1 unspecified atom stereocenters. The molecule has 5 N–H and O–H groups in total. The Hall–Kier alpha value is -2.22. The summed E-state index contributed by atoms with van der Waals surface area (Å²) in [5.74, 6) is -2.10. The zero-order valence-corrected chi connectivity index (χ0v) is 10.3. The third-order valence-corrected chi connectivity index (χ3v) is 2.44. The summed E-state index contributed by atoms with van der Waals surface area (Å²) in [5, 5.41) is 10.5. The van der Waals surface area contributed by atoms with Crippen LogP contribution >= 0.6 is 0 Å². The van der Waals surface area contributed by atoms with Crippen LogP contribution in [-0.2, 0) is 20.8 Å². The first kappa shape index (κ1) is 14.8. The molecular formula is C11H16N4O4. The second-order valence-corrected chi connectivity index (χ2v) is 3.92. The number of aromatic amines is 1. The standard InChI is InChI=1S/C6H7NO4.C5H9N3/c8-3-1-2-4(9)7-5(3)6(10)11;6-2-1-5-3-7-4-8-5/h5H,1-2H2,(H,7,9)(H,10,11);3-4H,1-2,6H2,(H,7,8). The molecule has 0 aliphatic carbocycles. The van der Waals surface area contributed by atoms with E-state index in [1.54, 1.807) is 12.5 Å². The number of carboxylic acids is 1. The number of hydrogen-bond donors (Lipinski definition) is 4. The number of nitrogens with two attached hydrogens (primary N) is 1. The predicted molar refractivity (Wildman–Crippen MR) is 65.2 cm³/mol. The third kappa shape index (κ3) is 4.88. The highest BCUT2D eigenvalue weighted by Gasteiger charge is 2.31. The van der Waals surface area contributed by atoms with Crippen molar-refractivity contribution >= 4 is 17.7 Å². The molecule has 0 aromatic carbocycles. The molecule has 8 nitrogen and oxygen atoms in total. The van der Waals surface area contributed by atoms with Gasteiger partial charge in [0.2, 0.25) is 5.91 Å². The molecule has 2 rings (SSSR count). The Morgan fingerprint density at radius 1 is 1.47 bits per heavy atom. The van der Waals surface area contributed by atoms with Crippen molar-refractivity contribution in [2.45, 2.75) is 25.3 Å². The predicted octanol–water partition coefficient (Wildman–Crippen LogP) is -1.17. The Morgan fingerprint density at radius 2 is 2.21 bits per heavy atom. The number of H-pyrrole nitrogens is 1. The lowest BCUT2D eigenvalue weighted by atomic mass is 10.0. The van der Waals surface area contributed by atoms with Crippen molar-refractivity contribution in [3.8, 4) is 0 Å². The number of carboxylic acid groups (broad SMARTS) is 1. The molecule has 0 radical (unpaired) electrons. The first-order valence-electron chi connectivity index (χ1n) is 5.76. The summed E-state index contributed by atoms with van der Waals surface area (Å²) in [6, 6.07) is -1.32. The molecule has 1 aromatic heterocycles. The minimum absolute atomic E-state index is 0.0306. The van der Waals surface area contributed by atoms with E-state index >= 15 is 0 Å². The SMILES string of the molecule is NCCc1cnc[nH]1.O=C1CCC(=O)C(C(=O)O)N1. The van der Waals surface area contributed by atoms with Crippen LogP contribution in [0.15, 0.2) is 12.5 Å². The topological polar surface area (TPSA) is 138 Å². The highest BCUT2D eigenvalue weighted by Crippen LogP contribution is 2.03. The van der Waals surface area contributed by atoms with Crippen molar-refractivity contribution in [3.63, 3.8) is 0 Å². The average Bonchev–Trinajstić information content (AvgIpc) is 2.86.